The Morgan fingerprint density at radius 1 is 1.33 bits per heavy atom. The maximum Gasteiger partial charge on any atom is 0.251 e. The molecule has 0 aliphatic rings. The van der Waals surface area contributed by atoms with Crippen LogP contribution in [0.15, 0.2) is 39.0 Å². The highest BCUT2D eigenvalue weighted by molar-refractivity contribution is 9.10. The summed E-state index contributed by atoms with van der Waals surface area (Å²) in [5.74, 6) is -0.587. The molecular weight excluding hydrogens is 374 g/mol. The molecule has 0 radical (unpaired) electrons. The van der Waals surface area contributed by atoms with Crippen LogP contribution in [0.1, 0.15) is 10.4 Å². The molecular formula is C13H12BrN3O2S2. The molecule has 0 aliphatic carbocycles. The number of hydrogen-bond acceptors (Lipinski definition) is 5. The van der Waals surface area contributed by atoms with Gasteiger partial charge in [0.2, 0.25) is 5.91 Å². The number of carbonyl (C=O) groups excluding carboxylic acids is 2. The SMILES string of the molecule is NC(=O)c1ccsc1NC(=O)CSc1cc(Br)ccc1N. The number of primary amides is 1. The van der Waals surface area contributed by atoms with E-state index in [1.54, 1.807) is 17.5 Å². The minimum absolute atomic E-state index is 0.191. The Hall–Kier alpha value is -1.51. The van der Waals surface area contributed by atoms with Crippen LogP contribution in [-0.2, 0) is 4.79 Å². The third-order valence-electron chi connectivity index (χ3n) is 2.52. The van der Waals surface area contributed by atoms with Gasteiger partial charge in [-0.1, -0.05) is 15.9 Å². The number of thiophene rings is 1. The molecule has 0 fully saturated rings. The predicted molar refractivity (Wildman–Crippen MR) is 90.7 cm³/mol. The number of thioether (sulfide) groups is 1. The summed E-state index contributed by atoms with van der Waals surface area (Å²) in [7, 11) is 0. The number of anilines is 2. The molecule has 8 heteroatoms. The molecule has 0 saturated heterocycles. The maximum atomic E-state index is 11.9. The van der Waals surface area contributed by atoms with Crippen molar-refractivity contribution in [2.45, 2.75) is 4.90 Å². The van der Waals surface area contributed by atoms with E-state index in [0.29, 0.717) is 16.3 Å². The van der Waals surface area contributed by atoms with Crippen molar-refractivity contribution in [3.05, 3.63) is 39.7 Å². The first kappa shape index (κ1) is 15.9. The van der Waals surface area contributed by atoms with Crippen LogP contribution < -0.4 is 16.8 Å². The number of halogens is 1. The monoisotopic (exact) mass is 385 g/mol. The zero-order chi connectivity index (χ0) is 15.4. The average Bonchev–Trinajstić information content (AvgIpc) is 2.88. The van der Waals surface area contributed by atoms with Gasteiger partial charge in [0.15, 0.2) is 0 Å². The Kier molecular flexibility index (Phi) is 5.27. The summed E-state index contributed by atoms with van der Waals surface area (Å²) in [5.41, 5.74) is 12.0. The minimum atomic E-state index is -0.560. The molecule has 0 saturated carbocycles. The lowest BCUT2D eigenvalue weighted by atomic mass is 10.3. The van der Waals surface area contributed by atoms with Crippen molar-refractivity contribution in [3.8, 4) is 0 Å². The quantitative estimate of drug-likeness (QED) is 0.544. The first-order chi connectivity index (χ1) is 9.97. The summed E-state index contributed by atoms with van der Waals surface area (Å²) in [4.78, 5) is 23.9. The second kappa shape index (κ2) is 6.97. The van der Waals surface area contributed by atoms with Crippen molar-refractivity contribution in [2.24, 2.45) is 5.73 Å². The molecule has 110 valence electrons. The van der Waals surface area contributed by atoms with Crippen molar-refractivity contribution >= 4 is 61.5 Å². The molecule has 21 heavy (non-hydrogen) atoms. The second-order valence-corrected chi connectivity index (χ2v) is 6.90. The fraction of sp³-hybridized carbons (Fsp3) is 0.0769. The van der Waals surface area contributed by atoms with Gasteiger partial charge >= 0.3 is 0 Å². The third-order valence-corrected chi connectivity index (χ3v) is 4.91. The van der Waals surface area contributed by atoms with Gasteiger partial charge in [0.05, 0.1) is 11.3 Å². The van der Waals surface area contributed by atoms with Gasteiger partial charge < -0.3 is 16.8 Å². The van der Waals surface area contributed by atoms with E-state index in [2.05, 4.69) is 21.2 Å². The van der Waals surface area contributed by atoms with Gasteiger partial charge in [-0.2, -0.15) is 0 Å². The lowest BCUT2D eigenvalue weighted by molar-refractivity contribution is -0.113. The summed E-state index contributed by atoms with van der Waals surface area (Å²) >= 11 is 5.94. The van der Waals surface area contributed by atoms with Crippen LogP contribution in [0, 0.1) is 0 Å². The van der Waals surface area contributed by atoms with Gasteiger partial charge in [-0.15, -0.1) is 23.1 Å². The van der Waals surface area contributed by atoms with Crippen LogP contribution in [0.5, 0.6) is 0 Å². The highest BCUT2D eigenvalue weighted by Gasteiger charge is 2.13. The zero-order valence-corrected chi connectivity index (χ0v) is 14.0. The van der Waals surface area contributed by atoms with E-state index in [4.69, 9.17) is 11.5 Å². The second-order valence-electron chi connectivity index (χ2n) is 4.05. The third kappa shape index (κ3) is 4.23. The molecule has 0 aliphatic heterocycles. The smallest absolute Gasteiger partial charge is 0.251 e. The van der Waals surface area contributed by atoms with E-state index in [1.807, 2.05) is 12.1 Å². The standard InChI is InChI=1S/C13H12BrN3O2S2/c14-7-1-2-9(15)10(5-7)21-6-11(18)17-13-8(12(16)19)3-4-20-13/h1-5H,6,15H2,(H2,16,19)(H,17,18). The van der Waals surface area contributed by atoms with Crippen molar-refractivity contribution in [3.63, 3.8) is 0 Å². The number of nitrogen functional groups attached to an aromatic ring is 1. The molecule has 5 nitrogen and oxygen atoms in total. The number of benzene rings is 1. The molecule has 1 aromatic heterocycles. The molecule has 2 amide bonds. The molecule has 0 bridgehead atoms. The molecule has 0 unspecified atom stereocenters. The van der Waals surface area contributed by atoms with Crippen LogP contribution in [0.4, 0.5) is 10.7 Å². The highest BCUT2D eigenvalue weighted by Crippen LogP contribution is 2.29. The number of nitrogens with one attached hydrogen (secondary N) is 1. The van der Waals surface area contributed by atoms with Crippen LogP contribution in [-0.4, -0.2) is 17.6 Å². The Morgan fingerprint density at radius 2 is 2.10 bits per heavy atom. The van der Waals surface area contributed by atoms with Gasteiger partial charge in [0, 0.05) is 15.1 Å². The highest BCUT2D eigenvalue weighted by atomic mass is 79.9. The first-order valence-corrected chi connectivity index (χ1v) is 8.48. The van der Waals surface area contributed by atoms with E-state index in [1.165, 1.54) is 23.1 Å². The summed E-state index contributed by atoms with van der Waals surface area (Å²) in [6, 6.07) is 7.05. The van der Waals surface area contributed by atoms with Crippen LogP contribution in [0.2, 0.25) is 0 Å². The predicted octanol–water partition coefficient (Wildman–Crippen LogP) is 2.92. The molecule has 0 atom stereocenters. The molecule has 2 aromatic rings. The number of hydrogen-bond donors (Lipinski definition) is 3. The minimum Gasteiger partial charge on any atom is -0.398 e. The maximum absolute atomic E-state index is 11.9. The number of amides is 2. The van der Waals surface area contributed by atoms with Crippen molar-refractivity contribution in [1.82, 2.24) is 0 Å². The van der Waals surface area contributed by atoms with Gasteiger partial charge in [-0.3, -0.25) is 9.59 Å². The molecule has 0 spiro atoms. The topological polar surface area (TPSA) is 98.2 Å². The van der Waals surface area contributed by atoms with Crippen molar-refractivity contribution in [1.29, 1.82) is 0 Å². The lowest BCUT2D eigenvalue weighted by Crippen LogP contribution is -2.17. The number of rotatable bonds is 5. The fourth-order valence-electron chi connectivity index (χ4n) is 1.54. The van der Waals surface area contributed by atoms with Gasteiger partial charge in [-0.25, -0.2) is 0 Å². The van der Waals surface area contributed by atoms with Crippen LogP contribution >= 0.6 is 39.0 Å². The first-order valence-electron chi connectivity index (χ1n) is 5.82. The number of carbonyl (C=O) groups is 2. The molecule has 1 heterocycles. The van der Waals surface area contributed by atoms with E-state index >= 15 is 0 Å². The Bertz CT molecular complexity index is 688. The Labute approximate surface area is 138 Å². The fourth-order valence-corrected chi connectivity index (χ4v) is 3.66. The Morgan fingerprint density at radius 3 is 2.81 bits per heavy atom. The molecule has 1 aromatic carbocycles. The zero-order valence-electron chi connectivity index (χ0n) is 10.8. The Balaban J connectivity index is 1.98. The summed E-state index contributed by atoms with van der Waals surface area (Å²) < 4.78 is 0.897. The van der Waals surface area contributed by atoms with Gasteiger partial charge in [-0.05, 0) is 29.6 Å². The normalized spacial score (nSPS) is 10.3. The van der Waals surface area contributed by atoms with Crippen molar-refractivity contribution < 1.29 is 9.59 Å². The molecule has 2 rings (SSSR count). The molecule has 5 N–H and O–H groups in total. The summed E-state index contributed by atoms with van der Waals surface area (Å²) in [6.07, 6.45) is 0. The average molecular weight is 386 g/mol. The number of nitrogens with two attached hydrogens (primary N) is 2. The van der Waals surface area contributed by atoms with E-state index < -0.39 is 5.91 Å². The van der Waals surface area contributed by atoms with Gasteiger partial charge in [0.1, 0.15) is 5.00 Å². The largest absolute Gasteiger partial charge is 0.398 e. The lowest BCUT2D eigenvalue weighted by Gasteiger charge is -2.07. The van der Waals surface area contributed by atoms with Crippen LogP contribution in [0.3, 0.4) is 0 Å². The van der Waals surface area contributed by atoms with E-state index in [0.717, 1.165) is 9.37 Å². The van der Waals surface area contributed by atoms with Crippen molar-refractivity contribution in [2.75, 3.05) is 16.8 Å². The van der Waals surface area contributed by atoms with Crippen LogP contribution in [0.25, 0.3) is 0 Å². The summed E-state index contributed by atoms with van der Waals surface area (Å²) in [6.45, 7) is 0. The van der Waals surface area contributed by atoms with Gasteiger partial charge in [0.25, 0.3) is 5.91 Å². The summed E-state index contributed by atoms with van der Waals surface area (Å²) in [5, 5.41) is 4.85. The van der Waals surface area contributed by atoms with E-state index in [-0.39, 0.29) is 11.7 Å². The van der Waals surface area contributed by atoms with E-state index in [9.17, 15) is 9.59 Å².